The van der Waals surface area contributed by atoms with Gasteiger partial charge in [0.05, 0.1) is 6.54 Å². The molecule has 2 N–H and O–H groups in total. The molecule has 1 amide bonds. The van der Waals surface area contributed by atoms with Gasteiger partial charge in [-0.3, -0.25) is 14.5 Å². The number of carboxylic acid groups (broad SMARTS) is 1. The minimum atomic E-state index is -0.847. The van der Waals surface area contributed by atoms with Gasteiger partial charge in [-0.15, -0.1) is 0 Å². The van der Waals surface area contributed by atoms with Crippen LogP contribution in [-0.2, 0) is 15.0 Å². The molecule has 1 aliphatic rings. The molecule has 5 nitrogen and oxygen atoms in total. The van der Waals surface area contributed by atoms with Gasteiger partial charge in [-0.1, -0.05) is 32.9 Å². The molecule has 120 valence electrons. The average molecular weight is 304 g/mol. The van der Waals surface area contributed by atoms with E-state index in [1.165, 1.54) is 5.56 Å². The third-order valence-electron chi connectivity index (χ3n) is 4.03. The summed E-state index contributed by atoms with van der Waals surface area (Å²) in [6.45, 7) is 7.20. The van der Waals surface area contributed by atoms with Crippen molar-refractivity contribution >= 4 is 17.6 Å². The van der Waals surface area contributed by atoms with Gasteiger partial charge in [0.2, 0.25) is 5.91 Å². The number of nitrogens with one attached hydrogen (secondary N) is 1. The van der Waals surface area contributed by atoms with Crippen molar-refractivity contribution in [3.63, 3.8) is 0 Å². The molecule has 0 saturated carbocycles. The molecule has 1 fully saturated rings. The molecule has 0 aliphatic carbocycles. The van der Waals surface area contributed by atoms with Gasteiger partial charge in [0.15, 0.2) is 0 Å². The largest absolute Gasteiger partial charge is 0.480 e. The summed E-state index contributed by atoms with van der Waals surface area (Å²) in [5.74, 6) is -1.02. The highest BCUT2D eigenvalue weighted by molar-refractivity contribution is 5.92. The van der Waals surface area contributed by atoms with Crippen LogP contribution in [0.4, 0.5) is 5.69 Å². The van der Waals surface area contributed by atoms with E-state index in [0.29, 0.717) is 13.0 Å². The second-order valence-corrected chi connectivity index (χ2v) is 6.84. The number of carbonyl (C=O) groups excluding carboxylic acids is 1. The number of hydrogen-bond donors (Lipinski definition) is 2. The summed E-state index contributed by atoms with van der Waals surface area (Å²) in [5.41, 5.74) is 2.02. The number of nitrogens with zero attached hydrogens (tertiary/aromatic N) is 1. The molecule has 0 radical (unpaired) electrons. The van der Waals surface area contributed by atoms with E-state index in [-0.39, 0.29) is 17.9 Å². The fraction of sp³-hybridized carbons (Fsp3) is 0.529. The van der Waals surface area contributed by atoms with Crippen LogP contribution in [0.1, 0.15) is 39.2 Å². The van der Waals surface area contributed by atoms with Crippen molar-refractivity contribution in [2.75, 3.05) is 18.4 Å². The highest BCUT2D eigenvalue weighted by atomic mass is 16.4. The predicted molar refractivity (Wildman–Crippen MR) is 86.0 cm³/mol. The van der Waals surface area contributed by atoms with Crippen LogP contribution in [0.25, 0.3) is 0 Å². The van der Waals surface area contributed by atoms with Crippen molar-refractivity contribution < 1.29 is 14.7 Å². The zero-order valence-corrected chi connectivity index (χ0v) is 13.4. The molecule has 0 aromatic heterocycles. The highest BCUT2D eigenvalue weighted by Crippen LogP contribution is 2.23. The van der Waals surface area contributed by atoms with Crippen molar-refractivity contribution in [1.82, 2.24) is 4.90 Å². The van der Waals surface area contributed by atoms with Gasteiger partial charge in [-0.05, 0) is 42.5 Å². The Morgan fingerprint density at radius 3 is 2.45 bits per heavy atom. The van der Waals surface area contributed by atoms with Crippen molar-refractivity contribution in [1.29, 1.82) is 0 Å². The third-order valence-corrected chi connectivity index (χ3v) is 4.03. The summed E-state index contributed by atoms with van der Waals surface area (Å²) in [7, 11) is 0. The van der Waals surface area contributed by atoms with E-state index >= 15 is 0 Å². The number of rotatable bonds is 4. The first-order chi connectivity index (χ1) is 10.3. The lowest BCUT2D eigenvalue weighted by Gasteiger charge is -2.21. The maximum absolute atomic E-state index is 12.1. The van der Waals surface area contributed by atoms with E-state index < -0.39 is 12.0 Å². The molecule has 1 aromatic rings. The van der Waals surface area contributed by atoms with Crippen molar-refractivity contribution in [2.24, 2.45) is 0 Å². The zero-order valence-electron chi connectivity index (χ0n) is 13.4. The molecule has 1 atom stereocenters. The summed E-state index contributed by atoms with van der Waals surface area (Å²) in [6.07, 6.45) is 1.44. The molecule has 22 heavy (non-hydrogen) atoms. The summed E-state index contributed by atoms with van der Waals surface area (Å²) >= 11 is 0. The number of aliphatic carboxylic acids is 1. The maximum atomic E-state index is 12.1. The van der Waals surface area contributed by atoms with E-state index in [2.05, 4.69) is 26.1 Å². The lowest BCUT2D eigenvalue weighted by molar-refractivity contribution is -0.142. The van der Waals surface area contributed by atoms with Gasteiger partial charge < -0.3 is 10.4 Å². The first-order valence-electron chi connectivity index (χ1n) is 7.64. The van der Waals surface area contributed by atoms with Crippen LogP contribution in [0, 0.1) is 0 Å². The lowest BCUT2D eigenvalue weighted by atomic mass is 9.87. The molecule has 1 saturated heterocycles. The quantitative estimate of drug-likeness (QED) is 0.896. The Labute approximate surface area is 131 Å². The Kier molecular flexibility index (Phi) is 4.86. The molecular weight excluding hydrogens is 280 g/mol. The summed E-state index contributed by atoms with van der Waals surface area (Å²) < 4.78 is 0. The maximum Gasteiger partial charge on any atom is 0.320 e. The molecule has 1 heterocycles. The number of amides is 1. The van der Waals surface area contributed by atoms with E-state index in [4.69, 9.17) is 5.11 Å². The molecular formula is C17H24N2O3. The van der Waals surface area contributed by atoms with Crippen molar-refractivity contribution in [3.8, 4) is 0 Å². The van der Waals surface area contributed by atoms with Gasteiger partial charge >= 0.3 is 5.97 Å². The molecule has 1 aromatic carbocycles. The lowest BCUT2D eigenvalue weighted by Crippen LogP contribution is -2.40. The summed E-state index contributed by atoms with van der Waals surface area (Å²) in [4.78, 5) is 24.9. The highest BCUT2D eigenvalue weighted by Gasteiger charge is 2.31. The fourth-order valence-corrected chi connectivity index (χ4v) is 2.73. The third kappa shape index (κ3) is 4.07. The number of anilines is 1. The standard InChI is InChI=1S/C17H24N2O3/c1-17(2,3)12-6-8-13(9-7-12)18-15(20)11-19-10-4-5-14(19)16(21)22/h6-9,14H,4-5,10-11H2,1-3H3,(H,18,20)(H,21,22)/t14-/m1/s1. The molecule has 0 spiro atoms. The zero-order chi connectivity index (χ0) is 16.3. The van der Waals surface area contributed by atoms with Crippen molar-refractivity contribution in [3.05, 3.63) is 29.8 Å². The van der Waals surface area contributed by atoms with E-state index in [9.17, 15) is 9.59 Å². The topological polar surface area (TPSA) is 69.6 Å². The minimum absolute atomic E-state index is 0.0762. The van der Waals surface area contributed by atoms with Crippen LogP contribution >= 0.6 is 0 Å². The Balaban J connectivity index is 1.93. The van der Waals surface area contributed by atoms with Crippen LogP contribution in [0.3, 0.4) is 0 Å². The Morgan fingerprint density at radius 2 is 1.91 bits per heavy atom. The van der Waals surface area contributed by atoms with Gasteiger partial charge in [0.25, 0.3) is 0 Å². The molecule has 5 heteroatoms. The van der Waals surface area contributed by atoms with E-state index in [1.54, 1.807) is 4.90 Å². The van der Waals surface area contributed by atoms with Gasteiger partial charge in [0.1, 0.15) is 6.04 Å². The average Bonchev–Trinajstić information content (AvgIpc) is 2.86. The smallest absolute Gasteiger partial charge is 0.320 e. The second-order valence-electron chi connectivity index (χ2n) is 6.84. The van der Waals surface area contributed by atoms with Crippen molar-refractivity contribution in [2.45, 2.75) is 45.1 Å². The van der Waals surface area contributed by atoms with Crippen LogP contribution in [0.2, 0.25) is 0 Å². The molecule has 1 aliphatic heterocycles. The second kappa shape index (κ2) is 6.48. The monoisotopic (exact) mass is 304 g/mol. The van der Waals surface area contributed by atoms with Crippen LogP contribution in [0.5, 0.6) is 0 Å². The minimum Gasteiger partial charge on any atom is -0.480 e. The Hall–Kier alpha value is -1.88. The fourth-order valence-electron chi connectivity index (χ4n) is 2.73. The van der Waals surface area contributed by atoms with E-state index in [1.807, 2.05) is 24.3 Å². The Bertz CT molecular complexity index is 546. The number of hydrogen-bond acceptors (Lipinski definition) is 3. The van der Waals surface area contributed by atoms with Crippen LogP contribution in [-0.4, -0.2) is 41.0 Å². The molecule has 2 rings (SSSR count). The van der Waals surface area contributed by atoms with Gasteiger partial charge in [-0.2, -0.15) is 0 Å². The normalized spacial score (nSPS) is 19.1. The van der Waals surface area contributed by atoms with Crippen LogP contribution in [0.15, 0.2) is 24.3 Å². The number of benzene rings is 1. The Morgan fingerprint density at radius 1 is 1.27 bits per heavy atom. The first-order valence-corrected chi connectivity index (χ1v) is 7.64. The summed E-state index contributed by atoms with van der Waals surface area (Å²) in [6, 6.07) is 7.25. The molecule has 0 unspecified atom stereocenters. The van der Waals surface area contributed by atoms with E-state index in [0.717, 1.165) is 12.1 Å². The van der Waals surface area contributed by atoms with Gasteiger partial charge in [0, 0.05) is 5.69 Å². The summed E-state index contributed by atoms with van der Waals surface area (Å²) in [5, 5.41) is 12.0. The molecule has 0 bridgehead atoms. The first kappa shape index (κ1) is 16.5. The SMILES string of the molecule is CC(C)(C)c1ccc(NC(=O)CN2CCC[C@@H]2C(=O)O)cc1. The predicted octanol–water partition coefficient (Wildman–Crippen LogP) is 2.47. The number of likely N-dealkylation sites (tertiary alicyclic amines) is 1. The van der Waals surface area contributed by atoms with Gasteiger partial charge in [-0.25, -0.2) is 0 Å². The number of carboxylic acids is 1. The number of carbonyl (C=O) groups is 2. The van der Waals surface area contributed by atoms with Crippen LogP contribution < -0.4 is 5.32 Å².